The van der Waals surface area contributed by atoms with Crippen LogP contribution in [0.25, 0.3) is 0 Å². The van der Waals surface area contributed by atoms with E-state index in [4.69, 9.17) is 15.2 Å². The Bertz CT molecular complexity index is 249. The third kappa shape index (κ3) is 6.30. The summed E-state index contributed by atoms with van der Waals surface area (Å²) >= 11 is 0. The molecular formula is C12H25N3O3. The largest absolute Gasteiger partial charge is 0.374 e. The molecule has 0 aromatic heterocycles. The van der Waals surface area contributed by atoms with Crippen LogP contribution in [0.3, 0.4) is 0 Å². The van der Waals surface area contributed by atoms with Crippen LogP contribution >= 0.6 is 0 Å². The Morgan fingerprint density at radius 3 is 3.06 bits per heavy atom. The highest BCUT2D eigenvalue weighted by molar-refractivity contribution is 5.74. The number of hydrogen-bond acceptors (Lipinski definition) is 5. The molecule has 0 radical (unpaired) electrons. The molecule has 1 aliphatic heterocycles. The van der Waals surface area contributed by atoms with Gasteiger partial charge in [-0.3, -0.25) is 9.69 Å². The number of nitrogens with two attached hydrogens (primary N) is 1. The molecule has 1 heterocycles. The average Bonchev–Trinajstić information content (AvgIpc) is 2.33. The lowest BCUT2D eigenvalue weighted by atomic mass is 10.2. The van der Waals surface area contributed by atoms with E-state index >= 15 is 0 Å². The highest BCUT2D eigenvalue weighted by Crippen LogP contribution is 2.07. The van der Waals surface area contributed by atoms with Gasteiger partial charge >= 0.3 is 0 Å². The summed E-state index contributed by atoms with van der Waals surface area (Å²) in [4.78, 5) is 12.8. The van der Waals surface area contributed by atoms with Gasteiger partial charge in [0, 0.05) is 32.2 Å². The summed E-state index contributed by atoms with van der Waals surface area (Å²) in [5.41, 5.74) is 4.96. The van der Waals surface area contributed by atoms with E-state index in [1.807, 2.05) is 0 Å². The fourth-order valence-corrected chi connectivity index (χ4v) is 1.91. The number of rotatable bonds is 8. The predicted octanol–water partition coefficient (Wildman–Crippen LogP) is -0.813. The van der Waals surface area contributed by atoms with Gasteiger partial charge in [-0.2, -0.15) is 0 Å². The fraction of sp³-hybridized carbons (Fsp3) is 0.917. The topological polar surface area (TPSA) is 76.8 Å². The van der Waals surface area contributed by atoms with Crippen LogP contribution in [-0.2, 0) is 14.3 Å². The van der Waals surface area contributed by atoms with Crippen LogP contribution in [0.15, 0.2) is 0 Å². The minimum atomic E-state index is -0.432. The van der Waals surface area contributed by atoms with Gasteiger partial charge in [0.15, 0.2) is 0 Å². The van der Waals surface area contributed by atoms with E-state index in [0.29, 0.717) is 19.2 Å². The van der Waals surface area contributed by atoms with E-state index in [0.717, 1.165) is 26.2 Å². The maximum Gasteiger partial charge on any atom is 0.243 e. The van der Waals surface area contributed by atoms with Crippen LogP contribution < -0.4 is 11.1 Å². The van der Waals surface area contributed by atoms with E-state index in [9.17, 15) is 4.79 Å². The zero-order valence-electron chi connectivity index (χ0n) is 11.4. The van der Waals surface area contributed by atoms with E-state index < -0.39 is 5.91 Å². The average molecular weight is 259 g/mol. The third-order valence-electron chi connectivity index (χ3n) is 2.94. The Labute approximate surface area is 109 Å². The van der Waals surface area contributed by atoms with Gasteiger partial charge in [0.2, 0.25) is 5.91 Å². The molecule has 0 spiro atoms. The molecule has 0 aliphatic carbocycles. The second-order valence-corrected chi connectivity index (χ2v) is 4.80. The molecular weight excluding hydrogens is 234 g/mol. The second kappa shape index (κ2) is 8.42. The molecule has 1 aliphatic rings. The molecule has 1 unspecified atom stereocenters. The summed E-state index contributed by atoms with van der Waals surface area (Å²) in [6, 6.07) is 0.565. The second-order valence-electron chi connectivity index (χ2n) is 4.80. The summed E-state index contributed by atoms with van der Waals surface area (Å²) in [6.45, 7) is 9.16. The Morgan fingerprint density at radius 2 is 2.39 bits per heavy atom. The number of carbonyl (C=O) groups is 1. The summed E-state index contributed by atoms with van der Waals surface area (Å²) in [5, 5.41) is 3.26. The normalized spacial score (nSPS) is 21.4. The van der Waals surface area contributed by atoms with Crippen molar-refractivity contribution < 1.29 is 14.3 Å². The van der Waals surface area contributed by atoms with Crippen LogP contribution in [0.4, 0.5) is 0 Å². The molecule has 6 heteroatoms. The molecule has 106 valence electrons. The van der Waals surface area contributed by atoms with Gasteiger partial charge in [-0.1, -0.05) is 0 Å². The Balaban J connectivity index is 2.03. The molecule has 1 rings (SSSR count). The molecule has 1 fully saturated rings. The fourth-order valence-electron chi connectivity index (χ4n) is 1.91. The summed E-state index contributed by atoms with van der Waals surface area (Å²) in [7, 11) is 0. The van der Waals surface area contributed by atoms with Crippen LogP contribution in [0, 0.1) is 0 Å². The summed E-state index contributed by atoms with van der Waals surface area (Å²) in [5.74, 6) is -0.432. The molecule has 0 bridgehead atoms. The Kier molecular flexibility index (Phi) is 7.19. The van der Waals surface area contributed by atoms with Crippen molar-refractivity contribution >= 4 is 5.91 Å². The van der Waals surface area contributed by atoms with Crippen molar-refractivity contribution in [1.29, 1.82) is 0 Å². The number of nitrogens with zero attached hydrogens (tertiary/aromatic N) is 1. The van der Waals surface area contributed by atoms with Crippen molar-refractivity contribution in [2.75, 3.05) is 46.0 Å². The van der Waals surface area contributed by atoms with Crippen LogP contribution in [0.2, 0.25) is 0 Å². The van der Waals surface area contributed by atoms with E-state index in [-0.39, 0.29) is 12.7 Å². The first-order valence-corrected chi connectivity index (χ1v) is 6.52. The van der Waals surface area contributed by atoms with Crippen LogP contribution in [0.1, 0.15) is 13.8 Å². The zero-order chi connectivity index (χ0) is 13.4. The van der Waals surface area contributed by atoms with E-state index in [2.05, 4.69) is 24.1 Å². The molecule has 1 amide bonds. The third-order valence-corrected chi connectivity index (χ3v) is 2.94. The van der Waals surface area contributed by atoms with Crippen molar-refractivity contribution in [3.05, 3.63) is 0 Å². The number of primary amides is 1. The van der Waals surface area contributed by atoms with Gasteiger partial charge in [0.1, 0.15) is 6.61 Å². The van der Waals surface area contributed by atoms with Gasteiger partial charge in [0.05, 0.1) is 19.3 Å². The summed E-state index contributed by atoms with van der Waals surface area (Å²) in [6.07, 6.45) is 0.234. The first kappa shape index (κ1) is 15.4. The monoisotopic (exact) mass is 259 g/mol. The zero-order valence-corrected chi connectivity index (χ0v) is 11.4. The van der Waals surface area contributed by atoms with Gasteiger partial charge < -0.3 is 20.5 Å². The maximum absolute atomic E-state index is 10.4. The number of amides is 1. The van der Waals surface area contributed by atoms with Crippen molar-refractivity contribution in [2.24, 2.45) is 5.73 Å². The molecule has 0 aromatic carbocycles. The van der Waals surface area contributed by atoms with Gasteiger partial charge in [-0.15, -0.1) is 0 Å². The lowest BCUT2D eigenvalue weighted by molar-refractivity contribution is -0.122. The molecule has 3 N–H and O–H groups in total. The number of morpholine rings is 1. The molecule has 0 saturated carbocycles. The lowest BCUT2D eigenvalue weighted by Gasteiger charge is -2.35. The van der Waals surface area contributed by atoms with E-state index in [1.54, 1.807) is 0 Å². The minimum absolute atomic E-state index is 0.0112. The quantitative estimate of drug-likeness (QED) is 0.557. The molecule has 1 atom stereocenters. The first-order valence-electron chi connectivity index (χ1n) is 6.52. The number of carbonyl (C=O) groups excluding carboxylic acids is 1. The molecule has 0 aromatic rings. The van der Waals surface area contributed by atoms with Crippen LogP contribution in [0.5, 0.6) is 0 Å². The lowest BCUT2D eigenvalue weighted by Crippen LogP contribution is -2.49. The highest BCUT2D eigenvalue weighted by atomic mass is 16.5. The smallest absolute Gasteiger partial charge is 0.243 e. The molecule has 6 nitrogen and oxygen atoms in total. The van der Waals surface area contributed by atoms with Crippen molar-refractivity contribution in [2.45, 2.75) is 26.0 Å². The maximum atomic E-state index is 10.4. The SMILES string of the molecule is CC(C)N1CCOC(CNCCOCC(N)=O)C1. The van der Waals surface area contributed by atoms with Crippen molar-refractivity contribution in [3.63, 3.8) is 0 Å². The Morgan fingerprint density at radius 1 is 1.61 bits per heavy atom. The number of nitrogens with one attached hydrogen (secondary N) is 1. The number of hydrogen-bond donors (Lipinski definition) is 2. The van der Waals surface area contributed by atoms with Crippen LogP contribution in [-0.4, -0.2) is 69.0 Å². The molecule has 18 heavy (non-hydrogen) atoms. The predicted molar refractivity (Wildman–Crippen MR) is 69.3 cm³/mol. The molecule has 1 saturated heterocycles. The minimum Gasteiger partial charge on any atom is -0.374 e. The summed E-state index contributed by atoms with van der Waals surface area (Å²) < 4.78 is 10.7. The van der Waals surface area contributed by atoms with Gasteiger partial charge in [-0.05, 0) is 13.8 Å². The van der Waals surface area contributed by atoms with Crippen molar-refractivity contribution in [3.8, 4) is 0 Å². The van der Waals surface area contributed by atoms with Gasteiger partial charge in [0.25, 0.3) is 0 Å². The van der Waals surface area contributed by atoms with Crippen molar-refractivity contribution in [1.82, 2.24) is 10.2 Å². The first-order chi connectivity index (χ1) is 8.59. The highest BCUT2D eigenvalue weighted by Gasteiger charge is 2.21. The standard InChI is InChI=1S/C12H25N3O3/c1-10(2)15-4-6-18-11(8-15)7-14-3-5-17-9-12(13)16/h10-11,14H,3-9H2,1-2H3,(H2,13,16). The van der Waals surface area contributed by atoms with E-state index in [1.165, 1.54) is 0 Å². The Hall–Kier alpha value is -0.690. The van der Waals surface area contributed by atoms with Gasteiger partial charge in [-0.25, -0.2) is 0 Å². The number of ether oxygens (including phenoxy) is 2.